The average Bonchev–Trinajstić information content (AvgIpc) is 2.80. The van der Waals surface area contributed by atoms with Gasteiger partial charge in [0.15, 0.2) is 0 Å². The Morgan fingerprint density at radius 2 is 2.00 bits per heavy atom. The van der Waals surface area contributed by atoms with Crippen molar-refractivity contribution in [2.75, 3.05) is 6.54 Å². The molecule has 0 spiro atoms. The van der Waals surface area contributed by atoms with Crippen molar-refractivity contribution >= 4 is 31.8 Å². The lowest BCUT2D eigenvalue weighted by molar-refractivity contribution is 0.599. The number of benzene rings is 1. The number of sulfonamides is 1. The van der Waals surface area contributed by atoms with Gasteiger partial charge in [-0.15, -0.1) is 4.40 Å². The second-order valence-corrected chi connectivity index (χ2v) is 8.20. The van der Waals surface area contributed by atoms with Crippen LogP contribution >= 0.6 is 15.9 Å². The van der Waals surface area contributed by atoms with Crippen LogP contribution < -0.4 is 5.32 Å². The van der Waals surface area contributed by atoms with Crippen molar-refractivity contribution in [1.82, 2.24) is 10.3 Å². The number of aromatic nitrogens is 1. The van der Waals surface area contributed by atoms with Crippen molar-refractivity contribution in [3.8, 4) is 0 Å². The van der Waals surface area contributed by atoms with Crippen molar-refractivity contribution in [3.63, 3.8) is 0 Å². The first-order chi connectivity index (χ1) is 11.5. The predicted octanol–water partition coefficient (Wildman–Crippen LogP) is 3.21. The molecule has 0 saturated carbocycles. The highest BCUT2D eigenvalue weighted by molar-refractivity contribution is 9.10. The highest BCUT2D eigenvalue weighted by Gasteiger charge is 2.27. The molecule has 0 unspecified atom stereocenters. The van der Waals surface area contributed by atoms with Crippen molar-refractivity contribution in [3.05, 3.63) is 57.8 Å². The molecule has 2 heterocycles. The van der Waals surface area contributed by atoms with E-state index in [2.05, 4.69) is 43.6 Å². The second kappa shape index (κ2) is 7.03. The summed E-state index contributed by atoms with van der Waals surface area (Å²) >= 11 is 3.41. The number of halogens is 1. The van der Waals surface area contributed by atoms with Crippen LogP contribution in [0.3, 0.4) is 0 Å². The Morgan fingerprint density at radius 3 is 2.79 bits per heavy atom. The molecule has 1 aromatic carbocycles. The highest BCUT2D eigenvalue weighted by Crippen LogP contribution is 2.24. The summed E-state index contributed by atoms with van der Waals surface area (Å²) in [4.78, 5) is 4.71. The van der Waals surface area contributed by atoms with E-state index >= 15 is 0 Å². The molecule has 2 aromatic rings. The van der Waals surface area contributed by atoms with Gasteiger partial charge in [-0.1, -0.05) is 12.1 Å². The van der Waals surface area contributed by atoms with E-state index < -0.39 is 10.0 Å². The molecule has 3 rings (SSSR count). The summed E-state index contributed by atoms with van der Waals surface area (Å²) in [5, 5.41) is 3.15. The number of nitrogens with zero attached hydrogens (tertiary/aromatic N) is 2. The average molecular weight is 408 g/mol. The van der Waals surface area contributed by atoms with E-state index in [1.165, 1.54) is 5.56 Å². The summed E-state index contributed by atoms with van der Waals surface area (Å²) in [5.74, 6) is 0.448. The molecule has 0 fully saturated rings. The number of aryl methyl sites for hydroxylation is 2. The molecule has 5 nitrogen and oxygen atoms in total. The summed E-state index contributed by atoms with van der Waals surface area (Å²) in [6, 6.07) is 8.96. The van der Waals surface area contributed by atoms with Gasteiger partial charge in [0.05, 0.1) is 0 Å². The van der Waals surface area contributed by atoms with E-state index in [1.807, 2.05) is 12.3 Å². The van der Waals surface area contributed by atoms with Crippen molar-refractivity contribution in [2.45, 2.75) is 31.1 Å². The SMILES string of the molecule is Cc1cc(Br)cnc1CCCCNC1=NS(=O)(=O)c2ccccc21. The molecule has 0 bridgehead atoms. The van der Waals surface area contributed by atoms with Crippen LogP contribution in [-0.4, -0.2) is 25.8 Å². The maximum atomic E-state index is 12.0. The fourth-order valence-corrected chi connectivity index (χ4v) is 4.33. The number of amidine groups is 1. The quantitative estimate of drug-likeness (QED) is 0.772. The van der Waals surface area contributed by atoms with Crippen LogP contribution in [0.2, 0.25) is 0 Å². The van der Waals surface area contributed by atoms with Crippen LogP contribution in [0.5, 0.6) is 0 Å². The smallest absolute Gasteiger partial charge is 0.285 e. The van der Waals surface area contributed by atoms with Gasteiger partial charge in [0.2, 0.25) is 0 Å². The minimum absolute atomic E-state index is 0.280. The summed E-state index contributed by atoms with van der Waals surface area (Å²) in [6.45, 7) is 2.73. The topological polar surface area (TPSA) is 71.4 Å². The van der Waals surface area contributed by atoms with Crippen LogP contribution in [0.1, 0.15) is 29.7 Å². The van der Waals surface area contributed by atoms with Gasteiger partial charge in [-0.2, -0.15) is 8.42 Å². The molecular formula is C17H18BrN3O2S. The summed E-state index contributed by atoms with van der Waals surface area (Å²) < 4.78 is 28.7. The van der Waals surface area contributed by atoms with Gasteiger partial charge in [0.1, 0.15) is 10.7 Å². The van der Waals surface area contributed by atoms with Crippen LogP contribution in [0.15, 0.2) is 50.3 Å². The largest absolute Gasteiger partial charge is 0.369 e. The van der Waals surface area contributed by atoms with Gasteiger partial charge in [0.25, 0.3) is 10.0 Å². The second-order valence-electron chi connectivity index (χ2n) is 5.71. The van der Waals surface area contributed by atoms with Gasteiger partial charge in [-0.05, 0) is 65.9 Å². The first-order valence-corrected chi connectivity index (χ1v) is 10.00. The number of nitrogens with one attached hydrogen (secondary N) is 1. The number of unbranched alkanes of at least 4 members (excludes halogenated alkanes) is 1. The lowest BCUT2D eigenvalue weighted by atomic mass is 10.1. The Bertz CT molecular complexity index is 894. The Labute approximate surface area is 150 Å². The third-order valence-electron chi connectivity index (χ3n) is 3.92. The van der Waals surface area contributed by atoms with Gasteiger partial charge < -0.3 is 5.32 Å². The van der Waals surface area contributed by atoms with Crippen molar-refractivity contribution < 1.29 is 8.42 Å². The van der Waals surface area contributed by atoms with Crippen LogP contribution in [0.4, 0.5) is 0 Å². The monoisotopic (exact) mass is 407 g/mol. The summed E-state index contributed by atoms with van der Waals surface area (Å²) in [7, 11) is -3.54. The molecule has 1 aromatic heterocycles. The number of fused-ring (bicyclic) bond motifs is 1. The molecular weight excluding hydrogens is 390 g/mol. The molecule has 24 heavy (non-hydrogen) atoms. The summed E-state index contributed by atoms with van der Waals surface area (Å²) in [5.41, 5.74) is 2.93. The van der Waals surface area contributed by atoms with E-state index in [0.717, 1.165) is 29.4 Å². The highest BCUT2D eigenvalue weighted by atomic mass is 79.9. The Morgan fingerprint density at radius 1 is 1.21 bits per heavy atom. The van der Waals surface area contributed by atoms with E-state index in [-0.39, 0.29) is 4.90 Å². The van der Waals surface area contributed by atoms with Gasteiger partial charge in [0, 0.05) is 28.5 Å². The standard InChI is InChI=1S/C17H18BrN3O2S/c1-12-10-13(18)11-20-15(12)7-4-5-9-19-17-14-6-2-3-8-16(14)24(22,23)21-17/h2-3,6,8,10-11H,4-5,7,9H2,1H3,(H,19,21). The van der Waals surface area contributed by atoms with Crippen LogP contribution in [0, 0.1) is 6.92 Å². The normalized spacial score (nSPS) is 15.0. The number of hydrogen-bond donors (Lipinski definition) is 1. The Hall–Kier alpha value is -1.73. The molecule has 0 amide bonds. The number of hydrogen-bond acceptors (Lipinski definition) is 4. The first kappa shape index (κ1) is 17.1. The van der Waals surface area contributed by atoms with Crippen molar-refractivity contribution in [1.29, 1.82) is 0 Å². The maximum Gasteiger partial charge on any atom is 0.285 e. The fourth-order valence-electron chi connectivity index (χ4n) is 2.69. The predicted molar refractivity (Wildman–Crippen MR) is 97.8 cm³/mol. The first-order valence-electron chi connectivity index (χ1n) is 7.76. The summed E-state index contributed by atoms with van der Waals surface area (Å²) in [6.07, 6.45) is 4.61. The zero-order valence-corrected chi connectivity index (χ0v) is 15.7. The molecule has 1 N–H and O–H groups in total. The molecule has 0 radical (unpaired) electrons. The fraction of sp³-hybridized carbons (Fsp3) is 0.294. The van der Waals surface area contributed by atoms with Crippen molar-refractivity contribution in [2.24, 2.45) is 4.40 Å². The molecule has 0 aliphatic carbocycles. The van der Waals surface area contributed by atoms with Crippen LogP contribution in [-0.2, 0) is 16.4 Å². The van der Waals surface area contributed by atoms with E-state index in [0.29, 0.717) is 17.9 Å². The zero-order valence-electron chi connectivity index (χ0n) is 13.3. The Balaban J connectivity index is 1.53. The minimum atomic E-state index is -3.54. The maximum absolute atomic E-state index is 12.0. The lowest BCUT2D eigenvalue weighted by Crippen LogP contribution is -2.24. The van der Waals surface area contributed by atoms with E-state index in [1.54, 1.807) is 18.2 Å². The van der Waals surface area contributed by atoms with Crippen LogP contribution in [0.25, 0.3) is 0 Å². The van der Waals surface area contributed by atoms with Gasteiger partial charge in [-0.3, -0.25) is 4.98 Å². The van der Waals surface area contributed by atoms with E-state index in [4.69, 9.17) is 0 Å². The third kappa shape index (κ3) is 3.67. The van der Waals surface area contributed by atoms with E-state index in [9.17, 15) is 8.42 Å². The number of pyridine rings is 1. The molecule has 1 aliphatic rings. The molecule has 126 valence electrons. The zero-order chi connectivity index (χ0) is 17.2. The van der Waals surface area contributed by atoms with Gasteiger partial charge in [-0.25, -0.2) is 0 Å². The minimum Gasteiger partial charge on any atom is -0.369 e. The molecule has 7 heteroatoms. The molecule has 1 aliphatic heterocycles. The molecule has 0 atom stereocenters. The third-order valence-corrected chi connectivity index (χ3v) is 5.69. The van der Waals surface area contributed by atoms with Gasteiger partial charge >= 0.3 is 0 Å². The molecule has 0 saturated heterocycles. The lowest BCUT2D eigenvalue weighted by Gasteiger charge is -2.07. The Kier molecular flexibility index (Phi) is 5.01. The number of rotatable bonds is 5.